The van der Waals surface area contributed by atoms with E-state index in [2.05, 4.69) is 72.2 Å². The second-order valence-electron chi connectivity index (χ2n) is 4.99. The van der Waals surface area contributed by atoms with Crippen LogP contribution in [0.1, 0.15) is 24.5 Å². The van der Waals surface area contributed by atoms with Crippen LogP contribution in [0.3, 0.4) is 0 Å². The smallest absolute Gasteiger partial charge is 0.0178 e. The molecule has 0 heterocycles. The number of halogens is 1. The summed E-state index contributed by atoms with van der Waals surface area (Å²) >= 11 is 5.38. The van der Waals surface area contributed by atoms with Gasteiger partial charge in [0.05, 0.1) is 0 Å². The van der Waals surface area contributed by atoms with Gasteiger partial charge in [0.15, 0.2) is 0 Å². The first-order valence-corrected chi connectivity index (χ1v) is 8.48. The van der Waals surface area contributed by atoms with E-state index in [4.69, 9.17) is 5.73 Å². The van der Waals surface area contributed by atoms with E-state index in [1.807, 2.05) is 11.8 Å². The lowest BCUT2D eigenvalue weighted by molar-refractivity contribution is 0.641. The number of hydrogen-bond donors (Lipinski definition) is 1. The monoisotopic (exact) mass is 349 g/mol. The zero-order valence-corrected chi connectivity index (χ0v) is 14.3. The topological polar surface area (TPSA) is 26.0 Å². The van der Waals surface area contributed by atoms with E-state index in [-0.39, 0.29) is 6.04 Å². The summed E-state index contributed by atoms with van der Waals surface area (Å²) < 4.78 is 1.12. The molecule has 2 N–H and O–H groups in total. The lowest BCUT2D eigenvalue weighted by atomic mass is 10.1. The maximum Gasteiger partial charge on any atom is 0.0178 e. The van der Waals surface area contributed by atoms with E-state index >= 15 is 0 Å². The summed E-state index contributed by atoms with van der Waals surface area (Å²) in [7, 11) is 0. The molecular weight excluding hydrogens is 330 g/mol. The van der Waals surface area contributed by atoms with Gasteiger partial charge in [-0.25, -0.2) is 0 Å². The van der Waals surface area contributed by atoms with Crippen LogP contribution in [0.15, 0.2) is 56.7 Å². The van der Waals surface area contributed by atoms with Gasteiger partial charge in [0.1, 0.15) is 0 Å². The minimum atomic E-state index is 0.223. The third-order valence-corrected chi connectivity index (χ3v) is 5.13. The Kier molecular flexibility index (Phi) is 5.70. The Labute approximate surface area is 134 Å². The molecule has 0 saturated carbocycles. The lowest BCUT2D eigenvalue weighted by Gasteiger charge is -2.14. The first kappa shape index (κ1) is 15.6. The van der Waals surface area contributed by atoms with Crippen LogP contribution in [0.4, 0.5) is 0 Å². The molecule has 106 valence electrons. The van der Waals surface area contributed by atoms with Gasteiger partial charge in [-0.1, -0.05) is 52.8 Å². The molecule has 2 rings (SSSR count). The molecule has 0 amide bonds. The summed E-state index contributed by atoms with van der Waals surface area (Å²) in [6.07, 6.45) is 1.92. The zero-order chi connectivity index (χ0) is 14.5. The Morgan fingerprint density at radius 2 is 1.90 bits per heavy atom. The molecule has 0 aliphatic carbocycles. The first-order valence-electron chi connectivity index (χ1n) is 6.87. The van der Waals surface area contributed by atoms with Gasteiger partial charge in [0.25, 0.3) is 0 Å². The van der Waals surface area contributed by atoms with Crippen molar-refractivity contribution < 1.29 is 0 Å². The molecule has 0 fully saturated rings. The van der Waals surface area contributed by atoms with Crippen molar-refractivity contribution in [3.8, 4) is 0 Å². The Hall–Kier alpha value is -0.770. The molecule has 0 radical (unpaired) electrons. The second-order valence-corrected chi connectivity index (χ2v) is 6.99. The molecule has 0 bridgehead atoms. The number of rotatable bonds is 5. The van der Waals surface area contributed by atoms with E-state index in [0.29, 0.717) is 0 Å². The van der Waals surface area contributed by atoms with Crippen molar-refractivity contribution in [3.63, 3.8) is 0 Å². The van der Waals surface area contributed by atoms with Crippen molar-refractivity contribution in [1.82, 2.24) is 0 Å². The number of aryl methyl sites for hydroxylation is 1. The van der Waals surface area contributed by atoms with Crippen LogP contribution in [0.25, 0.3) is 0 Å². The van der Waals surface area contributed by atoms with Crippen LogP contribution in [-0.4, -0.2) is 6.04 Å². The van der Waals surface area contributed by atoms with E-state index < -0.39 is 0 Å². The SMILES string of the molecule is CCC(N)Cc1cc(Br)ccc1Sc1ccccc1C. The highest BCUT2D eigenvalue weighted by Gasteiger charge is 2.10. The van der Waals surface area contributed by atoms with Gasteiger partial charge >= 0.3 is 0 Å². The Balaban J connectivity index is 2.29. The van der Waals surface area contributed by atoms with Crippen LogP contribution in [0.2, 0.25) is 0 Å². The van der Waals surface area contributed by atoms with Crippen molar-refractivity contribution in [1.29, 1.82) is 0 Å². The highest BCUT2D eigenvalue weighted by Crippen LogP contribution is 2.34. The minimum absolute atomic E-state index is 0.223. The summed E-state index contributed by atoms with van der Waals surface area (Å²) in [5, 5.41) is 0. The highest BCUT2D eigenvalue weighted by atomic mass is 79.9. The Bertz CT molecular complexity index is 583. The van der Waals surface area contributed by atoms with Gasteiger partial charge in [-0.05, 0) is 55.2 Å². The fourth-order valence-electron chi connectivity index (χ4n) is 2.02. The summed E-state index contributed by atoms with van der Waals surface area (Å²) in [6, 6.07) is 15.2. The van der Waals surface area contributed by atoms with E-state index in [1.54, 1.807) is 0 Å². The van der Waals surface area contributed by atoms with Crippen molar-refractivity contribution in [2.45, 2.75) is 42.5 Å². The highest BCUT2D eigenvalue weighted by molar-refractivity contribution is 9.10. The molecule has 1 unspecified atom stereocenters. The molecule has 20 heavy (non-hydrogen) atoms. The average molecular weight is 350 g/mol. The predicted molar refractivity (Wildman–Crippen MR) is 91.4 cm³/mol. The molecule has 1 nitrogen and oxygen atoms in total. The fourth-order valence-corrected chi connectivity index (χ4v) is 3.45. The maximum atomic E-state index is 6.12. The van der Waals surface area contributed by atoms with Crippen molar-refractivity contribution in [2.24, 2.45) is 5.73 Å². The van der Waals surface area contributed by atoms with Gasteiger partial charge < -0.3 is 5.73 Å². The second kappa shape index (κ2) is 7.30. The van der Waals surface area contributed by atoms with Gasteiger partial charge in [0, 0.05) is 20.3 Å². The van der Waals surface area contributed by atoms with Crippen LogP contribution >= 0.6 is 27.7 Å². The minimum Gasteiger partial charge on any atom is -0.327 e. The zero-order valence-electron chi connectivity index (χ0n) is 11.9. The lowest BCUT2D eigenvalue weighted by Crippen LogP contribution is -2.21. The summed E-state index contributed by atoms with van der Waals surface area (Å²) in [5.74, 6) is 0. The molecule has 0 aliphatic rings. The normalized spacial score (nSPS) is 12.4. The number of nitrogens with two attached hydrogens (primary N) is 1. The molecular formula is C17H20BrNS. The van der Waals surface area contributed by atoms with E-state index in [0.717, 1.165) is 17.3 Å². The van der Waals surface area contributed by atoms with E-state index in [9.17, 15) is 0 Å². The van der Waals surface area contributed by atoms with Crippen LogP contribution in [0, 0.1) is 6.92 Å². The number of hydrogen-bond acceptors (Lipinski definition) is 2. The molecule has 1 atom stereocenters. The predicted octanol–water partition coefficient (Wildman–Crippen LogP) is 5.19. The van der Waals surface area contributed by atoms with Gasteiger partial charge in [-0.15, -0.1) is 0 Å². The Morgan fingerprint density at radius 3 is 2.60 bits per heavy atom. The maximum absolute atomic E-state index is 6.12. The molecule has 0 aromatic heterocycles. The van der Waals surface area contributed by atoms with Crippen LogP contribution in [-0.2, 0) is 6.42 Å². The van der Waals surface area contributed by atoms with Gasteiger partial charge in [-0.3, -0.25) is 0 Å². The van der Waals surface area contributed by atoms with Gasteiger partial charge in [0.2, 0.25) is 0 Å². The third kappa shape index (κ3) is 4.11. The number of benzene rings is 2. The molecule has 0 spiro atoms. The van der Waals surface area contributed by atoms with Crippen molar-refractivity contribution >= 4 is 27.7 Å². The molecule has 2 aromatic rings. The fraction of sp³-hybridized carbons (Fsp3) is 0.294. The molecule has 0 saturated heterocycles. The van der Waals surface area contributed by atoms with Crippen LogP contribution in [0.5, 0.6) is 0 Å². The summed E-state index contributed by atoms with van der Waals surface area (Å²) in [6.45, 7) is 4.29. The van der Waals surface area contributed by atoms with Gasteiger partial charge in [-0.2, -0.15) is 0 Å². The van der Waals surface area contributed by atoms with Crippen LogP contribution < -0.4 is 5.73 Å². The molecule has 2 aromatic carbocycles. The largest absolute Gasteiger partial charge is 0.327 e. The molecule has 3 heteroatoms. The standard InChI is InChI=1S/C17H20BrNS/c1-3-15(19)11-13-10-14(18)8-9-17(13)20-16-7-5-4-6-12(16)2/h4-10,15H,3,11,19H2,1-2H3. The molecule has 0 aliphatic heterocycles. The third-order valence-electron chi connectivity index (χ3n) is 3.34. The first-order chi connectivity index (χ1) is 9.60. The Morgan fingerprint density at radius 1 is 1.15 bits per heavy atom. The summed E-state index contributed by atoms with van der Waals surface area (Å²) in [4.78, 5) is 2.60. The van der Waals surface area contributed by atoms with Crippen molar-refractivity contribution in [3.05, 3.63) is 58.1 Å². The average Bonchev–Trinajstić information content (AvgIpc) is 2.44. The summed E-state index contributed by atoms with van der Waals surface area (Å²) in [5.41, 5.74) is 8.76. The quantitative estimate of drug-likeness (QED) is 0.803. The van der Waals surface area contributed by atoms with E-state index in [1.165, 1.54) is 20.9 Å². The van der Waals surface area contributed by atoms with Crippen molar-refractivity contribution in [2.75, 3.05) is 0 Å².